The molecule has 100 valence electrons. The van der Waals surface area contributed by atoms with E-state index in [1.54, 1.807) is 0 Å². The number of nitrogens with zero attached hydrogens (tertiary/aromatic N) is 4. The van der Waals surface area contributed by atoms with Gasteiger partial charge in [-0.15, -0.1) is 5.10 Å². The van der Waals surface area contributed by atoms with E-state index in [4.69, 9.17) is 0 Å². The highest BCUT2D eigenvalue weighted by atomic mass is 15.5. The summed E-state index contributed by atoms with van der Waals surface area (Å²) in [7, 11) is 0. The summed E-state index contributed by atoms with van der Waals surface area (Å²) in [5, 5.41) is 8.58. The minimum Gasteiger partial charge on any atom is -0.355 e. The number of rotatable bonds is 5. The third-order valence-corrected chi connectivity index (χ3v) is 3.06. The van der Waals surface area contributed by atoms with Gasteiger partial charge in [0.2, 0.25) is 0 Å². The molecule has 0 aliphatic rings. The van der Waals surface area contributed by atoms with Crippen molar-refractivity contribution < 1.29 is 0 Å². The molecule has 0 aliphatic carbocycles. The monoisotopic (exact) mass is 256 g/mol. The first-order valence-corrected chi connectivity index (χ1v) is 6.70. The quantitative estimate of drug-likeness (QED) is 0.824. The van der Waals surface area contributed by atoms with Gasteiger partial charge in [-0.1, -0.05) is 29.5 Å². The van der Waals surface area contributed by atoms with Crippen molar-refractivity contribution >= 4 is 11.9 Å². The summed E-state index contributed by atoms with van der Waals surface area (Å²) in [6, 6.07) is 10.1. The molecule has 0 unspecified atom stereocenters. The third-order valence-electron chi connectivity index (χ3n) is 3.06. The average Bonchev–Trinajstić information content (AvgIpc) is 2.86. The van der Waals surface area contributed by atoms with E-state index in [-0.39, 0.29) is 0 Å². The predicted octanol–water partition coefficient (Wildman–Crippen LogP) is 3.15. The van der Waals surface area contributed by atoms with E-state index in [1.807, 2.05) is 54.1 Å². The summed E-state index contributed by atoms with van der Waals surface area (Å²) in [6.07, 6.45) is 3.99. The predicted molar refractivity (Wildman–Crippen MR) is 79.6 cm³/mol. The van der Waals surface area contributed by atoms with Crippen molar-refractivity contribution in [3.63, 3.8) is 0 Å². The third kappa shape index (κ3) is 2.67. The first-order valence-electron chi connectivity index (χ1n) is 6.70. The smallest absolute Gasteiger partial charge is 0.160 e. The Morgan fingerprint density at radius 3 is 2.42 bits per heavy atom. The Balaban J connectivity index is 2.55. The van der Waals surface area contributed by atoms with Crippen LogP contribution in [0.1, 0.15) is 26.5 Å². The van der Waals surface area contributed by atoms with Crippen molar-refractivity contribution in [1.29, 1.82) is 0 Å². The standard InChI is InChI=1S/C15H20N4/c1-4-10-14-15(18(5-2)6-3)19(17-16-14)13-11-8-7-9-12-13/h4,7-12H,5-6H2,1-3H3/b10-4+. The maximum atomic E-state index is 4.30. The molecule has 4 heteroatoms. The van der Waals surface area contributed by atoms with Crippen molar-refractivity contribution in [3.05, 3.63) is 42.1 Å². The molecule has 0 aliphatic heterocycles. The topological polar surface area (TPSA) is 34.0 Å². The molecule has 0 spiro atoms. The Hall–Kier alpha value is -2.10. The number of para-hydroxylation sites is 1. The minimum absolute atomic E-state index is 0.912. The molecule has 0 saturated carbocycles. The van der Waals surface area contributed by atoms with Gasteiger partial charge in [0, 0.05) is 13.1 Å². The number of allylic oxidation sites excluding steroid dienone is 1. The summed E-state index contributed by atoms with van der Waals surface area (Å²) in [5.74, 6) is 1.05. The van der Waals surface area contributed by atoms with E-state index in [1.165, 1.54) is 0 Å². The normalized spacial score (nSPS) is 11.1. The van der Waals surface area contributed by atoms with Gasteiger partial charge in [-0.2, -0.15) is 4.68 Å². The lowest BCUT2D eigenvalue weighted by Gasteiger charge is -2.22. The van der Waals surface area contributed by atoms with Gasteiger partial charge in [0.25, 0.3) is 0 Å². The molecule has 4 nitrogen and oxygen atoms in total. The van der Waals surface area contributed by atoms with Crippen LogP contribution in [-0.4, -0.2) is 28.1 Å². The molecule has 19 heavy (non-hydrogen) atoms. The molecule has 0 atom stereocenters. The summed E-state index contributed by atoms with van der Waals surface area (Å²) < 4.78 is 1.91. The molecule has 0 N–H and O–H groups in total. The second-order valence-corrected chi connectivity index (χ2v) is 4.22. The fraction of sp³-hybridized carbons (Fsp3) is 0.333. The lowest BCUT2D eigenvalue weighted by molar-refractivity contribution is 0.759. The second-order valence-electron chi connectivity index (χ2n) is 4.22. The van der Waals surface area contributed by atoms with E-state index < -0.39 is 0 Å². The second kappa shape index (κ2) is 6.18. The van der Waals surface area contributed by atoms with Gasteiger partial charge in [0.1, 0.15) is 5.69 Å². The van der Waals surface area contributed by atoms with E-state index in [9.17, 15) is 0 Å². The zero-order valence-corrected chi connectivity index (χ0v) is 11.7. The van der Waals surface area contributed by atoms with Crippen molar-refractivity contribution in [3.8, 4) is 5.69 Å². The number of benzene rings is 1. The van der Waals surface area contributed by atoms with E-state index in [0.29, 0.717) is 0 Å². The van der Waals surface area contributed by atoms with Gasteiger partial charge in [-0.25, -0.2) is 0 Å². The number of anilines is 1. The molecule has 0 bridgehead atoms. The van der Waals surface area contributed by atoms with Crippen molar-refractivity contribution in [1.82, 2.24) is 15.0 Å². The Kier molecular flexibility index (Phi) is 4.34. The summed E-state index contributed by atoms with van der Waals surface area (Å²) in [5.41, 5.74) is 1.95. The largest absolute Gasteiger partial charge is 0.355 e. The highest BCUT2D eigenvalue weighted by Gasteiger charge is 2.16. The van der Waals surface area contributed by atoms with Crippen LogP contribution in [0.4, 0.5) is 5.82 Å². The van der Waals surface area contributed by atoms with Crippen molar-refractivity contribution in [2.45, 2.75) is 20.8 Å². The molecule has 0 saturated heterocycles. The van der Waals surface area contributed by atoms with Crippen LogP contribution in [0.2, 0.25) is 0 Å². The SMILES string of the molecule is C/C=C/c1nnn(-c2ccccc2)c1N(CC)CC. The van der Waals surface area contributed by atoms with Crippen LogP contribution in [0, 0.1) is 0 Å². The van der Waals surface area contributed by atoms with Gasteiger partial charge in [-0.05, 0) is 39.0 Å². The highest BCUT2D eigenvalue weighted by Crippen LogP contribution is 2.23. The first-order chi connectivity index (χ1) is 9.31. The van der Waals surface area contributed by atoms with E-state index >= 15 is 0 Å². The van der Waals surface area contributed by atoms with Crippen molar-refractivity contribution in [2.24, 2.45) is 0 Å². The molecule has 2 rings (SSSR count). The van der Waals surface area contributed by atoms with E-state index in [2.05, 4.69) is 29.1 Å². The maximum absolute atomic E-state index is 4.30. The summed E-state index contributed by atoms with van der Waals surface area (Å²) in [4.78, 5) is 2.27. The Morgan fingerprint density at radius 2 is 1.84 bits per heavy atom. The van der Waals surface area contributed by atoms with Crippen LogP contribution >= 0.6 is 0 Å². The number of hydrogen-bond donors (Lipinski definition) is 0. The Morgan fingerprint density at radius 1 is 1.16 bits per heavy atom. The fourth-order valence-electron chi connectivity index (χ4n) is 2.12. The molecule has 0 amide bonds. The highest BCUT2D eigenvalue weighted by molar-refractivity contribution is 5.62. The zero-order valence-electron chi connectivity index (χ0n) is 11.7. The van der Waals surface area contributed by atoms with Gasteiger partial charge >= 0.3 is 0 Å². The molecular weight excluding hydrogens is 236 g/mol. The Labute approximate surface area is 114 Å². The van der Waals surface area contributed by atoms with Crippen LogP contribution < -0.4 is 4.90 Å². The van der Waals surface area contributed by atoms with E-state index in [0.717, 1.165) is 30.3 Å². The van der Waals surface area contributed by atoms with Crippen LogP contribution in [0.3, 0.4) is 0 Å². The van der Waals surface area contributed by atoms with Crippen LogP contribution in [0.25, 0.3) is 11.8 Å². The zero-order chi connectivity index (χ0) is 13.7. The molecule has 0 fully saturated rings. The molecule has 0 radical (unpaired) electrons. The van der Waals surface area contributed by atoms with Crippen LogP contribution in [0.15, 0.2) is 36.4 Å². The van der Waals surface area contributed by atoms with Crippen LogP contribution in [-0.2, 0) is 0 Å². The lowest BCUT2D eigenvalue weighted by atomic mass is 10.3. The number of aromatic nitrogens is 3. The van der Waals surface area contributed by atoms with Gasteiger partial charge in [0.15, 0.2) is 5.82 Å². The average molecular weight is 256 g/mol. The Bertz CT molecular complexity index is 539. The molecule has 1 heterocycles. The summed E-state index contributed by atoms with van der Waals surface area (Å²) in [6.45, 7) is 8.15. The maximum Gasteiger partial charge on any atom is 0.160 e. The fourth-order valence-corrected chi connectivity index (χ4v) is 2.12. The summed E-state index contributed by atoms with van der Waals surface area (Å²) >= 11 is 0. The van der Waals surface area contributed by atoms with Gasteiger partial charge in [0.05, 0.1) is 5.69 Å². The molecule has 1 aromatic carbocycles. The molecule has 1 aromatic heterocycles. The first kappa shape index (κ1) is 13.3. The molecule has 2 aromatic rings. The number of hydrogen-bond acceptors (Lipinski definition) is 3. The van der Waals surface area contributed by atoms with Crippen molar-refractivity contribution in [2.75, 3.05) is 18.0 Å². The lowest BCUT2D eigenvalue weighted by Crippen LogP contribution is -2.25. The van der Waals surface area contributed by atoms with Gasteiger partial charge in [-0.3, -0.25) is 0 Å². The van der Waals surface area contributed by atoms with Gasteiger partial charge < -0.3 is 4.90 Å². The minimum atomic E-state index is 0.912. The molecular formula is C15H20N4. The van der Waals surface area contributed by atoms with Crippen LogP contribution in [0.5, 0.6) is 0 Å².